The SMILES string of the molecule is COc1ccc(N(CC(=O)N/N=C\c2ccc(OC)cc2OC)S(C)(=O)=O)cc1. The molecule has 0 bridgehead atoms. The van der Waals surface area contributed by atoms with E-state index in [0.717, 1.165) is 10.6 Å². The molecule has 0 fully saturated rings. The van der Waals surface area contributed by atoms with E-state index in [-0.39, 0.29) is 0 Å². The maximum atomic E-state index is 12.2. The molecule has 0 aromatic heterocycles. The quantitative estimate of drug-likeness (QED) is 0.487. The van der Waals surface area contributed by atoms with Gasteiger partial charge in [0.2, 0.25) is 10.0 Å². The third-order valence-corrected chi connectivity index (χ3v) is 5.02. The van der Waals surface area contributed by atoms with Crippen LogP contribution in [0.4, 0.5) is 5.69 Å². The van der Waals surface area contributed by atoms with Crippen molar-refractivity contribution in [2.24, 2.45) is 5.10 Å². The fourth-order valence-electron chi connectivity index (χ4n) is 2.41. The molecule has 10 heteroatoms. The summed E-state index contributed by atoms with van der Waals surface area (Å²) < 4.78 is 40.6. The van der Waals surface area contributed by atoms with Gasteiger partial charge in [-0.15, -0.1) is 0 Å². The van der Waals surface area contributed by atoms with E-state index in [1.54, 1.807) is 49.6 Å². The zero-order valence-corrected chi connectivity index (χ0v) is 17.4. The van der Waals surface area contributed by atoms with Crippen molar-refractivity contribution in [1.29, 1.82) is 0 Å². The van der Waals surface area contributed by atoms with E-state index in [1.807, 2.05) is 0 Å². The van der Waals surface area contributed by atoms with Crippen LogP contribution in [0.3, 0.4) is 0 Å². The third kappa shape index (κ3) is 6.11. The van der Waals surface area contributed by atoms with Crippen molar-refractivity contribution in [3.63, 3.8) is 0 Å². The van der Waals surface area contributed by atoms with Gasteiger partial charge in [-0.2, -0.15) is 5.10 Å². The van der Waals surface area contributed by atoms with Crippen molar-refractivity contribution < 1.29 is 27.4 Å². The predicted molar refractivity (Wildman–Crippen MR) is 110 cm³/mol. The standard InChI is InChI=1S/C19H23N3O6S/c1-26-16-9-6-15(7-10-16)22(29(4,24)25)13-19(23)21-20-12-14-5-8-17(27-2)11-18(14)28-3/h5-12H,13H2,1-4H3,(H,21,23)/b20-12-. The van der Waals surface area contributed by atoms with Gasteiger partial charge in [0.15, 0.2) is 0 Å². The van der Waals surface area contributed by atoms with Crippen molar-refractivity contribution in [1.82, 2.24) is 5.43 Å². The maximum absolute atomic E-state index is 12.2. The second-order valence-corrected chi connectivity index (χ2v) is 7.78. The molecule has 1 amide bonds. The molecule has 0 atom stereocenters. The summed E-state index contributed by atoms with van der Waals surface area (Å²) in [4.78, 5) is 12.2. The lowest BCUT2D eigenvalue weighted by atomic mass is 10.2. The Balaban J connectivity index is 2.09. The van der Waals surface area contributed by atoms with Gasteiger partial charge in [-0.25, -0.2) is 13.8 Å². The van der Waals surface area contributed by atoms with Crippen LogP contribution in [0.2, 0.25) is 0 Å². The summed E-state index contributed by atoms with van der Waals surface area (Å²) in [7, 11) is 0.869. The number of nitrogens with zero attached hydrogens (tertiary/aromatic N) is 2. The fourth-order valence-corrected chi connectivity index (χ4v) is 3.27. The predicted octanol–water partition coefficient (Wildman–Crippen LogP) is 1.63. The van der Waals surface area contributed by atoms with Crippen molar-refractivity contribution in [3.8, 4) is 17.2 Å². The van der Waals surface area contributed by atoms with Gasteiger partial charge < -0.3 is 14.2 Å². The van der Waals surface area contributed by atoms with Crippen molar-refractivity contribution in [3.05, 3.63) is 48.0 Å². The topological polar surface area (TPSA) is 107 Å². The monoisotopic (exact) mass is 421 g/mol. The van der Waals surface area contributed by atoms with Gasteiger partial charge in [-0.3, -0.25) is 9.10 Å². The molecule has 29 heavy (non-hydrogen) atoms. The largest absolute Gasteiger partial charge is 0.497 e. The Bertz CT molecular complexity index is 974. The molecule has 156 valence electrons. The highest BCUT2D eigenvalue weighted by atomic mass is 32.2. The summed E-state index contributed by atoms with van der Waals surface area (Å²) in [5, 5.41) is 3.87. The van der Waals surface area contributed by atoms with Gasteiger partial charge in [0.1, 0.15) is 23.8 Å². The number of benzene rings is 2. The zero-order valence-electron chi connectivity index (χ0n) is 16.6. The minimum atomic E-state index is -3.68. The van der Waals surface area contributed by atoms with Gasteiger partial charge >= 0.3 is 0 Å². The molecule has 0 saturated carbocycles. The zero-order chi connectivity index (χ0) is 21.4. The average Bonchev–Trinajstić information content (AvgIpc) is 2.71. The second kappa shape index (κ2) is 9.78. The normalized spacial score (nSPS) is 11.2. The maximum Gasteiger partial charge on any atom is 0.260 e. The summed E-state index contributed by atoms with van der Waals surface area (Å²) in [5.74, 6) is 1.10. The van der Waals surface area contributed by atoms with Crippen LogP contribution in [0.25, 0.3) is 0 Å². The third-order valence-electron chi connectivity index (χ3n) is 3.88. The molecule has 1 N–H and O–H groups in total. The Morgan fingerprint density at radius 2 is 1.66 bits per heavy atom. The van der Waals surface area contributed by atoms with Crippen LogP contribution in [-0.2, 0) is 14.8 Å². The molecule has 9 nitrogen and oxygen atoms in total. The number of carbonyl (C=O) groups excluding carboxylic acids is 1. The first-order valence-electron chi connectivity index (χ1n) is 8.44. The molecule has 2 aromatic rings. The molecule has 2 rings (SSSR count). The second-order valence-electron chi connectivity index (χ2n) is 5.87. The van der Waals surface area contributed by atoms with Crippen molar-refractivity contribution in [2.45, 2.75) is 0 Å². The number of rotatable bonds is 9. The molecule has 0 saturated heterocycles. The van der Waals surface area contributed by atoms with Crippen molar-refractivity contribution in [2.75, 3.05) is 38.4 Å². The molecule has 0 aliphatic carbocycles. The lowest BCUT2D eigenvalue weighted by molar-refractivity contribution is -0.119. The minimum absolute atomic E-state index is 0.337. The molecule has 0 heterocycles. The number of amides is 1. The number of carbonyl (C=O) groups is 1. The van der Waals surface area contributed by atoms with E-state index in [9.17, 15) is 13.2 Å². The van der Waals surface area contributed by atoms with Crippen LogP contribution in [0.1, 0.15) is 5.56 Å². The number of anilines is 1. The Labute approximate surface area is 169 Å². The first-order valence-corrected chi connectivity index (χ1v) is 10.3. The van der Waals surface area contributed by atoms with E-state index in [0.29, 0.717) is 28.5 Å². The summed E-state index contributed by atoms with van der Waals surface area (Å²) in [6.45, 7) is -0.428. The number of hydrogen-bond acceptors (Lipinski definition) is 7. The molecule has 2 aromatic carbocycles. The molecule has 0 aliphatic rings. The van der Waals surface area contributed by atoms with Gasteiger partial charge in [0.05, 0.1) is 39.5 Å². The Morgan fingerprint density at radius 3 is 2.21 bits per heavy atom. The number of ether oxygens (including phenoxy) is 3. The van der Waals surface area contributed by atoms with Crippen LogP contribution >= 0.6 is 0 Å². The smallest absolute Gasteiger partial charge is 0.260 e. The van der Waals surface area contributed by atoms with Crippen LogP contribution in [0, 0.1) is 0 Å². The number of sulfonamides is 1. The van der Waals surface area contributed by atoms with Gasteiger partial charge in [0, 0.05) is 11.6 Å². The van der Waals surface area contributed by atoms with E-state index >= 15 is 0 Å². The number of hydrazone groups is 1. The Kier molecular flexibility index (Phi) is 7.43. The van der Waals surface area contributed by atoms with Gasteiger partial charge in [-0.1, -0.05) is 0 Å². The van der Waals surface area contributed by atoms with E-state index in [1.165, 1.54) is 20.4 Å². The molecule has 0 spiro atoms. The Hall–Kier alpha value is -3.27. The summed E-state index contributed by atoms with van der Waals surface area (Å²) in [6, 6.07) is 11.4. The number of methoxy groups -OCH3 is 3. The molecule has 0 aliphatic heterocycles. The first-order chi connectivity index (χ1) is 13.8. The lowest BCUT2D eigenvalue weighted by Crippen LogP contribution is -2.39. The first kappa shape index (κ1) is 22.0. The fraction of sp³-hybridized carbons (Fsp3) is 0.263. The van der Waals surface area contributed by atoms with E-state index < -0.39 is 22.5 Å². The molecular formula is C19H23N3O6S. The summed E-state index contributed by atoms with van der Waals surface area (Å²) in [6.07, 6.45) is 2.42. The van der Waals surface area contributed by atoms with Crippen LogP contribution in [0.15, 0.2) is 47.6 Å². The highest BCUT2D eigenvalue weighted by Crippen LogP contribution is 2.23. The molecular weight excluding hydrogens is 398 g/mol. The molecule has 0 radical (unpaired) electrons. The average molecular weight is 421 g/mol. The number of nitrogens with one attached hydrogen (secondary N) is 1. The van der Waals surface area contributed by atoms with Crippen molar-refractivity contribution >= 4 is 27.8 Å². The van der Waals surface area contributed by atoms with Crippen LogP contribution in [-0.4, -0.2) is 54.7 Å². The van der Waals surface area contributed by atoms with Gasteiger partial charge in [0.25, 0.3) is 5.91 Å². The summed E-state index contributed by atoms with van der Waals surface area (Å²) in [5.41, 5.74) is 3.27. The Morgan fingerprint density at radius 1 is 1.03 bits per heavy atom. The van der Waals surface area contributed by atoms with E-state index in [2.05, 4.69) is 10.5 Å². The summed E-state index contributed by atoms with van der Waals surface area (Å²) >= 11 is 0. The van der Waals surface area contributed by atoms with Crippen LogP contribution < -0.4 is 23.9 Å². The number of hydrogen-bond donors (Lipinski definition) is 1. The highest BCUT2D eigenvalue weighted by molar-refractivity contribution is 7.92. The van der Waals surface area contributed by atoms with E-state index in [4.69, 9.17) is 14.2 Å². The lowest BCUT2D eigenvalue weighted by Gasteiger charge is -2.21. The highest BCUT2D eigenvalue weighted by Gasteiger charge is 2.20. The minimum Gasteiger partial charge on any atom is -0.497 e. The van der Waals surface area contributed by atoms with Crippen LogP contribution in [0.5, 0.6) is 17.2 Å². The van der Waals surface area contributed by atoms with Gasteiger partial charge in [-0.05, 0) is 36.4 Å². The molecule has 0 unspecified atom stereocenters.